The monoisotopic (exact) mass is 414 g/mol. The molecule has 0 saturated heterocycles. The zero-order valence-corrected chi connectivity index (χ0v) is 18.4. The quantitative estimate of drug-likeness (QED) is 0.620. The standard InChI is InChI=1S/C27H26O4/c1-28-22-9-17-14-26-13-16-7-5-6-8-19(16)27(26,20(17)11-24(22)30-3)21-12-25(31-4)23(29-2)10-18(21)15-26/h5-12H,13-15H2,1-4H3. The van der Waals surface area contributed by atoms with Crippen LogP contribution in [0.5, 0.6) is 23.0 Å². The summed E-state index contributed by atoms with van der Waals surface area (Å²) < 4.78 is 22.8. The Morgan fingerprint density at radius 3 is 1.52 bits per heavy atom. The second-order valence-electron chi connectivity index (χ2n) is 8.95. The van der Waals surface area contributed by atoms with Gasteiger partial charge in [0, 0.05) is 5.41 Å². The van der Waals surface area contributed by atoms with Crippen LogP contribution in [0.4, 0.5) is 0 Å². The maximum absolute atomic E-state index is 5.74. The Labute approximate surface area is 182 Å². The molecule has 0 aromatic heterocycles. The molecule has 0 N–H and O–H groups in total. The molecule has 31 heavy (non-hydrogen) atoms. The van der Waals surface area contributed by atoms with E-state index in [4.69, 9.17) is 18.9 Å². The van der Waals surface area contributed by atoms with Crippen molar-refractivity contribution < 1.29 is 18.9 Å². The zero-order chi connectivity index (χ0) is 21.4. The van der Waals surface area contributed by atoms with E-state index < -0.39 is 0 Å². The molecule has 0 aliphatic heterocycles. The van der Waals surface area contributed by atoms with Crippen molar-refractivity contribution in [2.45, 2.75) is 24.7 Å². The molecule has 158 valence electrons. The van der Waals surface area contributed by atoms with Gasteiger partial charge in [0.15, 0.2) is 23.0 Å². The summed E-state index contributed by atoms with van der Waals surface area (Å²) in [4.78, 5) is 0. The van der Waals surface area contributed by atoms with Crippen LogP contribution in [0.15, 0.2) is 48.5 Å². The van der Waals surface area contributed by atoms with Crippen LogP contribution in [0.3, 0.4) is 0 Å². The molecule has 0 fully saturated rings. The van der Waals surface area contributed by atoms with Crippen molar-refractivity contribution in [3.05, 3.63) is 81.9 Å². The lowest BCUT2D eigenvalue weighted by Gasteiger charge is -2.37. The number of methoxy groups -OCH3 is 4. The Kier molecular flexibility index (Phi) is 3.72. The minimum atomic E-state index is -0.215. The lowest BCUT2D eigenvalue weighted by Crippen LogP contribution is -2.37. The number of hydrogen-bond donors (Lipinski definition) is 0. The first-order valence-corrected chi connectivity index (χ1v) is 10.7. The first-order valence-electron chi connectivity index (χ1n) is 10.7. The number of benzene rings is 3. The predicted molar refractivity (Wildman–Crippen MR) is 119 cm³/mol. The van der Waals surface area contributed by atoms with E-state index in [9.17, 15) is 0 Å². The molecule has 6 rings (SSSR count). The van der Waals surface area contributed by atoms with E-state index >= 15 is 0 Å². The Morgan fingerprint density at radius 1 is 0.548 bits per heavy atom. The van der Waals surface area contributed by atoms with Gasteiger partial charge >= 0.3 is 0 Å². The zero-order valence-electron chi connectivity index (χ0n) is 18.4. The molecular weight excluding hydrogens is 388 g/mol. The summed E-state index contributed by atoms with van der Waals surface area (Å²) in [5, 5.41) is 0. The van der Waals surface area contributed by atoms with Gasteiger partial charge in [0.05, 0.1) is 33.9 Å². The predicted octanol–water partition coefficient (Wildman–Crippen LogP) is 4.71. The third-order valence-corrected chi connectivity index (χ3v) is 7.83. The summed E-state index contributed by atoms with van der Waals surface area (Å²) in [6.07, 6.45) is 3.08. The van der Waals surface area contributed by atoms with Crippen molar-refractivity contribution in [3.63, 3.8) is 0 Å². The van der Waals surface area contributed by atoms with Crippen molar-refractivity contribution in [2.24, 2.45) is 5.41 Å². The first kappa shape index (κ1) is 18.6. The molecule has 0 saturated carbocycles. The Balaban J connectivity index is 1.73. The van der Waals surface area contributed by atoms with E-state index in [1.54, 1.807) is 28.4 Å². The van der Waals surface area contributed by atoms with Crippen molar-refractivity contribution in [1.29, 1.82) is 0 Å². The average Bonchev–Trinajstić information content (AvgIpc) is 3.33. The Bertz CT molecular complexity index is 1160. The highest BCUT2D eigenvalue weighted by molar-refractivity contribution is 5.73. The van der Waals surface area contributed by atoms with Crippen LogP contribution in [0.2, 0.25) is 0 Å². The summed E-state index contributed by atoms with van der Waals surface area (Å²) in [6.45, 7) is 0. The van der Waals surface area contributed by atoms with Crippen molar-refractivity contribution in [2.75, 3.05) is 28.4 Å². The van der Waals surface area contributed by atoms with Crippen molar-refractivity contribution >= 4 is 0 Å². The molecule has 0 spiro atoms. The fraction of sp³-hybridized carbons (Fsp3) is 0.333. The highest BCUT2D eigenvalue weighted by Gasteiger charge is 2.67. The van der Waals surface area contributed by atoms with Gasteiger partial charge in [-0.25, -0.2) is 0 Å². The van der Waals surface area contributed by atoms with E-state index in [1.165, 1.54) is 33.4 Å². The van der Waals surface area contributed by atoms with E-state index in [1.807, 2.05) is 0 Å². The maximum Gasteiger partial charge on any atom is 0.161 e. The molecule has 0 amide bonds. The van der Waals surface area contributed by atoms with E-state index in [2.05, 4.69) is 48.5 Å². The lowest BCUT2D eigenvalue weighted by molar-refractivity contribution is 0.256. The van der Waals surface area contributed by atoms with Crippen LogP contribution >= 0.6 is 0 Å². The molecule has 0 unspecified atom stereocenters. The second kappa shape index (κ2) is 6.19. The minimum absolute atomic E-state index is 0.0656. The number of ether oxygens (including phenoxy) is 4. The molecule has 4 heteroatoms. The highest BCUT2D eigenvalue weighted by atomic mass is 16.5. The average molecular weight is 415 g/mol. The summed E-state index contributed by atoms with van der Waals surface area (Å²) in [7, 11) is 6.84. The molecular formula is C27H26O4. The van der Waals surface area contributed by atoms with Gasteiger partial charge in [-0.15, -0.1) is 0 Å². The Morgan fingerprint density at radius 2 is 1.00 bits per heavy atom. The largest absolute Gasteiger partial charge is 0.493 e. The van der Waals surface area contributed by atoms with Gasteiger partial charge < -0.3 is 18.9 Å². The van der Waals surface area contributed by atoms with Crippen LogP contribution < -0.4 is 18.9 Å². The van der Waals surface area contributed by atoms with Gasteiger partial charge in [0.25, 0.3) is 0 Å². The summed E-state index contributed by atoms with van der Waals surface area (Å²) in [5.41, 5.74) is 8.08. The molecule has 0 radical (unpaired) electrons. The molecule has 0 atom stereocenters. The number of rotatable bonds is 4. The molecule has 0 bridgehead atoms. The van der Waals surface area contributed by atoms with Gasteiger partial charge in [-0.1, -0.05) is 24.3 Å². The summed E-state index contributed by atoms with van der Waals surface area (Å²) >= 11 is 0. The third kappa shape index (κ3) is 2.06. The fourth-order valence-electron chi connectivity index (χ4n) is 6.84. The van der Waals surface area contributed by atoms with Gasteiger partial charge in [-0.05, 0) is 76.9 Å². The normalized spacial score (nSPS) is 24.0. The fourth-order valence-corrected chi connectivity index (χ4v) is 6.84. The van der Waals surface area contributed by atoms with Crippen LogP contribution in [0.1, 0.15) is 33.4 Å². The van der Waals surface area contributed by atoms with E-state index in [0.717, 1.165) is 42.3 Å². The minimum Gasteiger partial charge on any atom is -0.493 e. The van der Waals surface area contributed by atoms with Gasteiger partial charge in [0.2, 0.25) is 0 Å². The topological polar surface area (TPSA) is 36.9 Å². The molecule has 0 heterocycles. The van der Waals surface area contributed by atoms with Crippen LogP contribution in [0, 0.1) is 5.41 Å². The van der Waals surface area contributed by atoms with Crippen molar-refractivity contribution in [1.82, 2.24) is 0 Å². The van der Waals surface area contributed by atoms with E-state index in [0.29, 0.717) is 0 Å². The van der Waals surface area contributed by atoms with Crippen molar-refractivity contribution in [3.8, 4) is 23.0 Å². The molecule has 3 aliphatic rings. The molecule has 3 aromatic rings. The Hall–Kier alpha value is -3.14. The highest BCUT2D eigenvalue weighted by Crippen LogP contribution is 2.71. The van der Waals surface area contributed by atoms with Gasteiger partial charge in [0.1, 0.15) is 0 Å². The molecule has 3 aromatic carbocycles. The lowest BCUT2D eigenvalue weighted by atomic mass is 9.64. The second-order valence-corrected chi connectivity index (χ2v) is 8.95. The van der Waals surface area contributed by atoms with Gasteiger partial charge in [-0.2, -0.15) is 0 Å². The van der Waals surface area contributed by atoms with Crippen LogP contribution in [0.25, 0.3) is 0 Å². The molecule has 3 aliphatic carbocycles. The summed E-state index contributed by atoms with van der Waals surface area (Å²) in [5.74, 6) is 3.16. The maximum atomic E-state index is 5.74. The smallest absolute Gasteiger partial charge is 0.161 e. The van der Waals surface area contributed by atoms with Crippen LogP contribution in [-0.2, 0) is 24.7 Å². The van der Waals surface area contributed by atoms with Gasteiger partial charge in [-0.3, -0.25) is 0 Å². The summed E-state index contributed by atoms with van der Waals surface area (Å²) in [6, 6.07) is 17.7. The van der Waals surface area contributed by atoms with E-state index in [-0.39, 0.29) is 10.8 Å². The SMILES string of the molecule is COc1cc2c(cc1OC)C13c4ccccc4CC1(C2)Cc1cc(OC)c(OC)cc13. The van der Waals surface area contributed by atoms with Crippen LogP contribution in [-0.4, -0.2) is 28.4 Å². The third-order valence-electron chi connectivity index (χ3n) is 7.83. The molecule has 4 nitrogen and oxygen atoms in total. The number of hydrogen-bond acceptors (Lipinski definition) is 4. The first-order chi connectivity index (χ1) is 15.1. The number of fused-ring (bicyclic) bond motifs is 3.